The van der Waals surface area contributed by atoms with Gasteiger partial charge in [-0.05, 0) is 38.9 Å². The molecule has 136 valence electrons. The summed E-state index contributed by atoms with van der Waals surface area (Å²) in [5.41, 5.74) is 2.63. The maximum absolute atomic E-state index is 13.4. The quantitative estimate of drug-likeness (QED) is 0.886. The molecule has 1 spiro atoms. The van der Waals surface area contributed by atoms with Crippen molar-refractivity contribution in [2.45, 2.75) is 45.4 Å². The molecule has 3 rings (SSSR count). The van der Waals surface area contributed by atoms with Crippen molar-refractivity contribution >= 4 is 11.9 Å². The van der Waals surface area contributed by atoms with E-state index in [-0.39, 0.29) is 12.5 Å². The lowest BCUT2D eigenvalue weighted by atomic mass is 9.94. The molecule has 2 heterocycles. The number of aliphatic carboxylic acids is 1. The average Bonchev–Trinajstić information content (AvgIpc) is 2.88. The van der Waals surface area contributed by atoms with Crippen molar-refractivity contribution in [2.24, 2.45) is 0 Å². The largest absolute Gasteiger partial charge is 0.480 e. The smallest absolute Gasteiger partial charge is 0.328 e. The van der Waals surface area contributed by atoms with Crippen molar-refractivity contribution < 1.29 is 19.4 Å². The summed E-state index contributed by atoms with van der Waals surface area (Å²) in [4.78, 5) is 28.9. The summed E-state index contributed by atoms with van der Waals surface area (Å²) < 4.78 is 5.96. The minimum Gasteiger partial charge on any atom is -0.480 e. The first-order valence-electron chi connectivity index (χ1n) is 8.72. The molecular weight excluding hydrogens is 320 g/mol. The summed E-state index contributed by atoms with van der Waals surface area (Å²) >= 11 is 0. The van der Waals surface area contributed by atoms with Gasteiger partial charge in [0.25, 0.3) is 5.91 Å². The molecule has 1 amide bonds. The molecule has 0 bridgehead atoms. The number of carbonyl (C=O) groups excluding carboxylic acids is 1. The van der Waals surface area contributed by atoms with E-state index >= 15 is 0 Å². The molecule has 1 aromatic rings. The minimum atomic E-state index is -1.01. The van der Waals surface area contributed by atoms with Gasteiger partial charge in [0.1, 0.15) is 5.72 Å². The van der Waals surface area contributed by atoms with Crippen molar-refractivity contribution in [3.8, 4) is 0 Å². The van der Waals surface area contributed by atoms with Gasteiger partial charge in [-0.3, -0.25) is 9.69 Å². The molecule has 2 aliphatic rings. The third-order valence-electron chi connectivity index (χ3n) is 5.42. The Hall–Kier alpha value is -1.92. The van der Waals surface area contributed by atoms with Gasteiger partial charge in [-0.1, -0.05) is 17.7 Å². The van der Waals surface area contributed by atoms with Gasteiger partial charge in [0.05, 0.1) is 6.61 Å². The van der Waals surface area contributed by atoms with Gasteiger partial charge in [0.2, 0.25) is 0 Å². The Bertz CT molecular complexity index is 684. The molecule has 6 nitrogen and oxygen atoms in total. The third-order valence-corrected chi connectivity index (χ3v) is 5.42. The van der Waals surface area contributed by atoms with E-state index in [2.05, 4.69) is 4.90 Å². The summed E-state index contributed by atoms with van der Waals surface area (Å²) in [7, 11) is 2.02. The normalized spacial score (nSPS) is 23.2. The number of rotatable bonds is 2. The Morgan fingerprint density at radius 3 is 2.24 bits per heavy atom. The second-order valence-electron chi connectivity index (χ2n) is 7.36. The van der Waals surface area contributed by atoms with Gasteiger partial charge in [-0.15, -0.1) is 0 Å². The molecule has 2 fully saturated rings. The van der Waals surface area contributed by atoms with E-state index in [4.69, 9.17) is 4.74 Å². The Morgan fingerprint density at radius 1 is 1.16 bits per heavy atom. The highest BCUT2D eigenvalue weighted by Gasteiger charge is 2.54. The minimum absolute atomic E-state index is 0.0503. The molecular formula is C19H26N2O4. The van der Waals surface area contributed by atoms with E-state index in [1.54, 1.807) is 0 Å². The van der Waals surface area contributed by atoms with Crippen LogP contribution in [-0.2, 0) is 9.53 Å². The van der Waals surface area contributed by atoms with E-state index < -0.39 is 17.7 Å². The molecule has 0 saturated carbocycles. The van der Waals surface area contributed by atoms with Gasteiger partial charge >= 0.3 is 5.97 Å². The van der Waals surface area contributed by atoms with E-state index in [1.165, 1.54) is 4.90 Å². The van der Waals surface area contributed by atoms with E-state index in [1.807, 2.05) is 40.0 Å². The van der Waals surface area contributed by atoms with Crippen molar-refractivity contribution in [3.63, 3.8) is 0 Å². The number of piperidine rings is 1. The summed E-state index contributed by atoms with van der Waals surface area (Å²) in [6.45, 7) is 7.41. The number of carboxylic acids is 1. The lowest BCUT2D eigenvalue weighted by molar-refractivity contribution is -0.143. The van der Waals surface area contributed by atoms with E-state index in [0.717, 1.165) is 29.8 Å². The van der Waals surface area contributed by atoms with Crippen molar-refractivity contribution in [1.29, 1.82) is 0 Å². The molecule has 1 aromatic carbocycles. The number of nitrogens with zero attached hydrogens (tertiary/aromatic N) is 2. The molecule has 0 aromatic heterocycles. The first-order valence-corrected chi connectivity index (χ1v) is 8.72. The topological polar surface area (TPSA) is 70.1 Å². The first kappa shape index (κ1) is 17.9. The zero-order valence-corrected chi connectivity index (χ0v) is 15.3. The number of hydrogen-bond donors (Lipinski definition) is 1. The summed E-state index contributed by atoms with van der Waals surface area (Å²) in [6, 6.07) is 3.00. The zero-order valence-electron chi connectivity index (χ0n) is 15.3. The summed E-state index contributed by atoms with van der Waals surface area (Å²) in [6.07, 6.45) is 1.26. The van der Waals surface area contributed by atoms with Crippen LogP contribution in [0.15, 0.2) is 12.1 Å². The highest BCUT2D eigenvalue weighted by atomic mass is 16.5. The Labute approximate surface area is 148 Å². The van der Waals surface area contributed by atoms with Gasteiger partial charge in [-0.25, -0.2) is 4.79 Å². The van der Waals surface area contributed by atoms with Crippen LogP contribution in [0.2, 0.25) is 0 Å². The molecule has 1 N–H and O–H groups in total. The predicted octanol–water partition coefficient (Wildman–Crippen LogP) is 1.96. The number of amides is 1. The highest BCUT2D eigenvalue weighted by Crippen LogP contribution is 2.39. The average molecular weight is 346 g/mol. The number of carboxylic acid groups (broad SMARTS) is 1. The number of hydrogen-bond acceptors (Lipinski definition) is 4. The summed E-state index contributed by atoms with van der Waals surface area (Å²) in [5, 5.41) is 9.64. The summed E-state index contributed by atoms with van der Waals surface area (Å²) in [5.74, 6) is -1.24. The maximum atomic E-state index is 13.4. The molecule has 1 atom stereocenters. The highest BCUT2D eigenvalue weighted by molar-refractivity contribution is 6.00. The number of carbonyl (C=O) groups is 2. The molecule has 6 heteroatoms. The number of benzene rings is 1. The van der Waals surface area contributed by atoms with Gasteiger partial charge in [-0.2, -0.15) is 0 Å². The van der Waals surface area contributed by atoms with Crippen LogP contribution in [0, 0.1) is 20.8 Å². The SMILES string of the molecule is Cc1cc(C)c(C(=O)N2C(C(=O)O)COC23CCN(C)CC3)c(C)c1. The molecule has 2 saturated heterocycles. The monoisotopic (exact) mass is 346 g/mol. The van der Waals surface area contributed by atoms with E-state index in [0.29, 0.717) is 18.4 Å². The third kappa shape index (κ3) is 3.04. The number of aryl methyl sites for hydroxylation is 3. The van der Waals surface area contributed by atoms with Crippen LogP contribution < -0.4 is 0 Å². The van der Waals surface area contributed by atoms with Crippen LogP contribution in [-0.4, -0.2) is 65.3 Å². The van der Waals surface area contributed by atoms with Crippen molar-refractivity contribution in [1.82, 2.24) is 9.80 Å². The lowest BCUT2D eigenvalue weighted by Crippen LogP contribution is -2.58. The fraction of sp³-hybridized carbons (Fsp3) is 0.579. The molecule has 0 aliphatic carbocycles. The van der Waals surface area contributed by atoms with Gasteiger partial charge < -0.3 is 14.7 Å². The van der Waals surface area contributed by atoms with Crippen LogP contribution in [0.5, 0.6) is 0 Å². The molecule has 0 radical (unpaired) electrons. The fourth-order valence-electron chi connectivity index (χ4n) is 4.16. The molecule has 25 heavy (non-hydrogen) atoms. The number of likely N-dealkylation sites (tertiary alicyclic amines) is 1. The second-order valence-corrected chi connectivity index (χ2v) is 7.36. The predicted molar refractivity (Wildman–Crippen MR) is 93.7 cm³/mol. The molecule has 1 unspecified atom stereocenters. The lowest BCUT2D eigenvalue weighted by Gasteiger charge is -2.43. The van der Waals surface area contributed by atoms with Crippen LogP contribution in [0.3, 0.4) is 0 Å². The van der Waals surface area contributed by atoms with Crippen LogP contribution in [0.4, 0.5) is 0 Å². The Morgan fingerprint density at radius 2 is 1.72 bits per heavy atom. The number of ether oxygens (including phenoxy) is 1. The maximum Gasteiger partial charge on any atom is 0.328 e. The van der Waals surface area contributed by atoms with Crippen LogP contribution in [0.25, 0.3) is 0 Å². The fourth-order valence-corrected chi connectivity index (χ4v) is 4.16. The van der Waals surface area contributed by atoms with Gasteiger partial charge in [0.15, 0.2) is 6.04 Å². The standard InChI is InChI=1S/C19H26N2O4/c1-12-9-13(2)16(14(3)10-12)17(22)21-15(18(23)24)11-25-19(21)5-7-20(4)8-6-19/h9-10,15H,5-8,11H2,1-4H3,(H,23,24). The second kappa shape index (κ2) is 6.42. The van der Waals surface area contributed by atoms with Crippen LogP contribution in [0.1, 0.15) is 39.9 Å². The zero-order chi connectivity index (χ0) is 18.4. The van der Waals surface area contributed by atoms with E-state index in [9.17, 15) is 14.7 Å². The van der Waals surface area contributed by atoms with Crippen LogP contribution >= 0.6 is 0 Å². The molecule has 2 aliphatic heterocycles. The first-order chi connectivity index (χ1) is 11.7. The Kier molecular flexibility index (Phi) is 4.60. The van der Waals surface area contributed by atoms with Crippen molar-refractivity contribution in [2.75, 3.05) is 26.7 Å². The van der Waals surface area contributed by atoms with Crippen molar-refractivity contribution in [3.05, 3.63) is 34.4 Å². The van der Waals surface area contributed by atoms with Gasteiger partial charge in [0, 0.05) is 31.5 Å². The Balaban J connectivity index is 2.03.